The number of rotatable bonds is 10. The van der Waals surface area contributed by atoms with E-state index in [2.05, 4.69) is 43.3 Å². The van der Waals surface area contributed by atoms with Crippen LogP contribution in [0.25, 0.3) is 0 Å². The minimum Gasteiger partial charge on any atom is -0.508 e. The molecule has 1 atom stereocenters. The van der Waals surface area contributed by atoms with Crippen molar-refractivity contribution in [3.63, 3.8) is 0 Å². The van der Waals surface area contributed by atoms with E-state index in [1.165, 1.54) is 11.1 Å². The van der Waals surface area contributed by atoms with Gasteiger partial charge in [0, 0.05) is 19.1 Å². The molecule has 0 heterocycles. The highest BCUT2D eigenvalue weighted by atomic mass is 16.5. The maximum absolute atomic E-state index is 9.52. The molecule has 0 aliphatic rings. The number of phenols is 1. The van der Waals surface area contributed by atoms with Crippen LogP contribution in [0.4, 0.5) is 0 Å². The molecule has 0 amide bonds. The molecule has 0 saturated carbocycles. The Morgan fingerprint density at radius 2 is 1.50 bits per heavy atom. The predicted octanol–water partition coefficient (Wildman–Crippen LogP) is 4.27. The summed E-state index contributed by atoms with van der Waals surface area (Å²) in [4.78, 5) is 2.18. The third-order valence-electron chi connectivity index (χ3n) is 4.17. The lowest BCUT2D eigenvalue weighted by atomic mass is 9.87. The second-order valence-corrected chi connectivity index (χ2v) is 6.47. The Balaban J connectivity index is 1.87. The van der Waals surface area contributed by atoms with Crippen molar-refractivity contribution in [3.05, 3.63) is 65.7 Å². The summed E-state index contributed by atoms with van der Waals surface area (Å²) >= 11 is 0. The summed E-state index contributed by atoms with van der Waals surface area (Å²) in [6.45, 7) is 2.70. The molecule has 130 valence electrons. The molecule has 0 radical (unpaired) electrons. The maximum Gasteiger partial charge on any atom is 0.115 e. The van der Waals surface area contributed by atoms with Crippen LogP contribution in [0.15, 0.2) is 54.6 Å². The van der Waals surface area contributed by atoms with E-state index in [1.807, 2.05) is 18.2 Å². The lowest BCUT2D eigenvalue weighted by Gasteiger charge is -2.18. The van der Waals surface area contributed by atoms with Crippen LogP contribution in [-0.2, 0) is 4.74 Å². The van der Waals surface area contributed by atoms with Gasteiger partial charge in [0.1, 0.15) is 5.75 Å². The molecule has 0 aliphatic heterocycles. The van der Waals surface area contributed by atoms with Crippen LogP contribution >= 0.6 is 0 Å². The van der Waals surface area contributed by atoms with Crippen LogP contribution in [0, 0.1) is 0 Å². The SMILES string of the molecule is CN(C)CCCOCCCC(c1ccccc1)c1ccc(O)cc1. The molecule has 1 unspecified atom stereocenters. The van der Waals surface area contributed by atoms with Crippen LogP contribution in [-0.4, -0.2) is 43.9 Å². The maximum atomic E-state index is 9.52. The first-order valence-corrected chi connectivity index (χ1v) is 8.73. The average molecular weight is 327 g/mol. The lowest BCUT2D eigenvalue weighted by molar-refractivity contribution is 0.121. The molecule has 24 heavy (non-hydrogen) atoms. The Labute approximate surface area is 145 Å². The fraction of sp³-hybridized carbons (Fsp3) is 0.429. The molecule has 0 saturated heterocycles. The van der Waals surface area contributed by atoms with Crippen molar-refractivity contribution in [2.45, 2.75) is 25.2 Å². The van der Waals surface area contributed by atoms with E-state index in [-0.39, 0.29) is 0 Å². The Morgan fingerprint density at radius 3 is 2.17 bits per heavy atom. The van der Waals surface area contributed by atoms with Gasteiger partial charge in [0.25, 0.3) is 0 Å². The van der Waals surface area contributed by atoms with E-state index < -0.39 is 0 Å². The summed E-state index contributed by atoms with van der Waals surface area (Å²) in [5.74, 6) is 0.659. The smallest absolute Gasteiger partial charge is 0.115 e. The summed E-state index contributed by atoms with van der Waals surface area (Å²) in [6.07, 6.45) is 3.15. The number of ether oxygens (including phenoxy) is 1. The molecule has 3 heteroatoms. The van der Waals surface area contributed by atoms with Crippen LogP contribution in [0.2, 0.25) is 0 Å². The van der Waals surface area contributed by atoms with Gasteiger partial charge in [-0.1, -0.05) is 42.5 Å². The van der Waals surface area contributed by atoms with Gasteiger partial charge in [-0.05, 0) is 63.2 Å². The molecule has 0 aromatic heterocycles. The van der Waals surface area contributed by atoms with Crippen molar-refractivity contribution in [1.29, 1.82) is 0 Å². The molecule has 0 aliphatic carbocycles. The number of benzene rings is 2. The zero-order chi connectivity index (χ0) is 17.2. The van der Waals surface area contributed by atoms with E-state index in [0.29, 0.717) is 11.7 Å². The largest absolute Gasteiger partial charge is 0.508 e. The molecule has 0 fully saturated rings. The van der Waals surface area contributed by atoms with Gasteiger partial charge in [-0.15, -0.1) is 0 Å². The molecule has 2 rings (SSSR count). The van der Waals surface area contributed by atoms with Crippen LogP contribution in [0.1, 0.15) is 36.3 Å². The van der Waals surface area contributed by atoms with Gasteiger partial charge < -0.3 is 14.7 Å². The van der Waals surface area contributed by atoms with Crippen LogP contribution in [0.5, 0.6) is 5.75 Å². The van der Waals surface area contributed by atoms with Crippen LogP contribution in [0.3, 0.4) is 0 Å². The molecule has 2 aromatic carbocycles. The topological polar surface area (TPSA) is 32.7 Å². The first-order valence-electron chi connectivity index (χ1n) is 8.73. The minimum atomic E-state index is 0.315. The second kappa shape index (κ2) is 10.1. The molecule has 1 N–H and O–H groups in total. The Hall–Kier alpha value is -1.84. The van der Waals surface area contributed by atoms with Crippen molar-refractivity contribution >= 4 is 0 Å². The van der Waals surface area contributed by atoms with Gasteiger partial charge in [0.2, 0.25) is 0 Å². The van der Waals surface area contributed by atoms with Gasteiger partial charge in [-0.25, -0.2) is 0 Å². The highest BCUT2D eigenvalue weighted by Gasteiger charge is 2.13. The third-order valence-corrected chi connectivity index (χ3v) is 4.17. The third kappa shape index (κ3) is 6.34. The number of nitrogens with zero attached hydrogens (tertiary/aromatic N) is 1. The van der Waals surface area contributed by atoms with Gasteiger partial charge in [-0.2, -0.15) is 0 Å². The van der Waals surface area contributed by atoms with E-state index in [4.69, 9.17) is 4.74 Å². The zero-order valence-corrected chi connectivity index (χ0v) is 14.8. The van der Waals surface area contributed by atoms with Gasteiger partial charge >= 0.3 is 0 Å². The van der Waals surface area contributed by atoms with E-state index in [1.54, 1.807) is 12.1 Å². The summed E-state index contributed by atoms with van der Waals surface area (Å²) in [5.41, 5.74) is 2.56. The molecule has 3 nitrogen and oxygen atoms in total. The van der Waals surface area contributed by atoms with Crippen molar-refractivity contribution in [2.75, 3.05) is 33.9 Å². The van der Waals surface area contributed by atoms with E-state index in [0.717, 1.165) is 39.0 Å². The fourth-order valence-electron chi connectivity index (χ4n) is 2.89. The quantitative estimate of drug-likeness (QED) is 0.661. The summed E-state index contributed by atoms with van der Waals surface area (Å²) < 4.78 is 5.76. The first-order chi connectivity index (χ1) is 11.7. The normalized spacial score (nSPS) is 12.5. The van der Waals surface area contributed by atoms with Crippen molar-refractivity contribution in [3.8, 4) is 5.75 Å². The number of aromatic hydroxyl groups is 1. The van der Waals surface area contributed by atoms with Gasteiger partial charge in [0.15, 0.2) is 0 Å². The van der Waals surface area contributed by atoms with Crippen molar-refractivity contribution in [2.24, 2.45) is 0 Å². The van der Waals surface area contributed by atoms with Crippen molar-refractivity contribution in [1.82, 2.24) is 4.90 Å². The number of hydrogen-bond donors (Lipinski definition) is 1. The molecular formula is C21H29NO2. The summed E-state index contributed by atoms with van der Waals surface area (Å²) in [5, 5.41) is 9.52. The molecular weight excluding hydrogens is 298 g/mol. The highest BCUT2D eigenvalue weighted by molar-refractivity contribution is 5.35. The second-order valence-electron chi connectivity index (χ2n) is 6.47. The minimum absolute atomic E-state index is 0.315. The first kappa shape index (κ1) is 18.5. The van der Waals surface area contributed by atoms with Gasteiger partial charge in [0.05, 0.1) is 0 Å². The molecule has 2 aromatic rings. The highest BCUT2D eigenvalue weighted by Crippen LogP contribution is 2.30. The Bertz CT molecular complexity index is 566. The zero-order valence-electron chi connectivity index (χ0n) is 14.8. The average Bonchev–Trinajstić information content (AvgIpc) is 2.59. The molecule has 0 spiro atoms. The lowest BCUT2D eigenvalue weighted by Crippen LogP contribution is -2.15. The number of hydrogen-bond acceptors (Lipinski definition) is 3. The van der Waals surface area contributed by atoms with E-state index in [9.17, 15) is 5.11 Å². The standard InChI is InChI=1S/C21H29NO2/c1-22(2)15-7-17-24-16-6-10-21(18-8-4-3-5-9-18)19-11-13-20(23)14-12-19/h3-5,8-9,11-14,21,23H,6-7,10,15-17H2,1-2H3. The molecule has 0 bridgehead atoms. The Morgan fingerprint density at radius 1 is 0.875 bits per heavy atom. The monoisotopic (exact) mass is 327 g/mol. The van der Waals surface area contributed by atoms with Gasteiger partial charge in [-0.3, -0.25) is 0 Å². The Kier molecular flexibility index (Phi) is 7.80. The number of phenolic OH excluding ortho intramolecular Hbond substituents is 1. The van der Waals surface area contributed by atoms with Crippen LogP contribution < -0.4 is 0 Å². The van der Waals surface area contributed by atoms with E-state index >= 15 is 0 Å². The van der Waals surface area contributed by atoms with Crippen molar-refractivity contribution < 1.29 is 9.84 Å². The summed E-state index contributed by atoms with van der Waals surface area (Å²) in [7, 11) is 4.17. The predicted molar refractivity (Wildman–Crippen MR) is 99.6 cm³/mol. The summed E-state index contributed by atoms with van der Waals surface area (Å²) in [6, 6.07) is 18.1. The fourth-order valence-corrected chi connectivity index (χ4v) is 2.89.